The van der Waals surface area contributed by atoms with Gasteiger partial charge < -0.3 is 4.98 Å². The SMILES string of the molecule is Cc1cc(-c2nc3ccc(C(F)(F)F)cc3[nH]2)sc1Br. The number of halogens is 4. The van der Waals surface area contributed by atoms with Crippen molar-refractivity contribution >= 4 is 38.3 Å². The fourth-order valence-electron chi connectivity index (χ4n) is 1.88. The van der Waals surface area contributed by atoms with Crippen molar-refractivity contribution in [3.05, 3.63) is 39.2 Å². The van der Waals surface area contributed by atoms with E-state index in [1.165, 1.54) is 17.4 Å². The molecule has 0 atom stereocenters. The number of thiophene rings is 1. The number of fused-ring (bicyclic) bond motifs is 1. The first-order valence-electron chi connectivity index (χ1n) is 5.68. The van der Waals surface area contributed by atoms with Crippen LogP contribution in [0.25, 0.3) is 21.7 Å². The van der Waals surface area contributed by atoms with Crippen LogP contribution in [0, 0.1) is 6.92 Å². The highest BCUT2D eigenvalue weighted by atomic mass is 79.9. The number of hydrogen-bond donors (Lipinski definition) is 1. The van der Waals surface area contributed by atoms with Crippen LogP contribution in [0.5, 0.6) is 0 Å². The van der Waals surface area contributed by atoms with Gasteiger partial charge >= 0.3 is 6.18 Å². The largest absolute Gasteiger partial charge is 0.416 e. The summed E-state index contributed by atoms with van der Waals surface area (Å²) >= 11 is 4.92. The van der Waals surface area contributed by atoms with Crippen LogP contribution in [-0.2, 0) is 6.18 Å². The van der Waals surface area contributed by atoms with E-state index in [9.17, 15) is 13.2 Å². The number of hydrogen-bond acceptors (Lipinski definition) is 2. The topological polar surface area (TPSA) is 28.7 Å². The monoisotopic (exact) mass is 360 g/mol. The van der Waals surface area contributed by atoms with Gasteiger partial charge in [-0.2, -0.15) is 13.2 Å². The Morgan fingerprint density at radius 3 is 2.60 bits per heavy atom. The van der Waals surface area contributed by atoms with Crippen LogP contribution in [0.4, 0.5) is 13.2 Å². The number of aromatic amines is 1. The summed E-state index contributed by atoms with van der Waals surface area (Å²) in [6.07, 6.45) is -4.35. The van der Waals surface area contributed by atoms with Gasteiger partial charge in [0.15, 0.2) is 0 Å². The summed E-state index contributed by atoms with van der Waals surface area (Å²) in [6.45, 7) is 1.95. The highest BCUT2D eigenvalue weighted by molar-refractivity contribution is 9.11. The number of H-pyrrole nitrogens is 1. The minimum atomic E-state index is -4.35. The summed E-state index contributed by atoms with van der Waals surface area (Å²) in [5, 5.41) is 0. The van der Waals surface area contributed by atoms with Crippen molar-refractivity contribution in [3.8, 4) is 10.7 Å². The molecular formula is C13H8BrF3N2S. The molecule has 2 nitrogen and oxygen atoms in total. The van der Waals surface area contributed by atoms with Gasteiger partial charge in [-0.1, -0.05) is 0 Å². The van der Waals surface area contributed by atoms with Crippen LogP contribution < -0.4 is 0 Å². The van der Waals surface area contributed by atoms with Gasteiger partial charge in [-0.15, -0.1) is 11.3 Å². The van der Waals surface area contributed by atoms with Gasteiger partial charge in [0.25, 0.3) is 0 Å². The van der Waals surface area contributed by atoms with Gasteiger partial charge in [-0.3, -0.25) is 0 Å². The van der Waals surface area contributed by atoms with Crippen LogP contribution >= 0.6 is 27.3 Å². The van der Waals surface area contributed by atoms with E-state index >= 15 is 0 Å². The lowest BCUT2D eigenvalue weighted by atomic mass is 10.2. The Morgan fingerprint density at radius 2 is 2.00 bits per heavy atom. The molecule has 0 radical (unpaired) electrons. The molecule has 0 saturated heterocycles. The highest BCUT2D eigenvalue weighted by Crippen LogP contribution is 2.35. The third-order valence-corrected chi connectivity index (χ3v) is 5.04. The summed E-state index contributed by atoms with van der Waals surface area (Å²) in [5.41, 5.74) is 1.30. The molecule has 1 aromatic carbocycles. The zero-order chi connectivity index (χ0) is 14.5. The number of aromatic nitrogens is 2. The molecular weight excluding hydrogens is 353 g/mol. The van der Waals surface area contributed by atoms with Gasteiger partial charge in [-0.25, -0.2) is 4.98 Å². The van der Waals surface area contributed by atoms with Crippen LogP contribution in [0.15, 0.2) is 28.1 Å². The van der Waals surface area contributed by atoms with Crippen LogP contribution in [0.1, 0.15) is 11.1 Å². The molecule has 0 fully saturated rings. The average Bonchev–Trinajstić information content (AvgIpc) is 2.91. The van der Waals surface area contributed by atoms with Gasteiger partial charge in [0, 0.05) is 0 Å². The molecule has 3 aromatic rings. The van der Waals surface area contributed by atoms with E-state index in [4.69, 9.17) is 0 Å². The second kappa shape index (κ2) is 4.60. The smallest absolute Gasteiger partial charge is 0.337 e. The Labute approximate surface area is 124 Å². The van der Waals surface area contributed by atoms with E-state index in [2.05, 4.69) is 25.9 Å². The van der Waals surface area contributed by atoms with E-state index < -0.39 is 11.7 Å². The maximum atomic E-state index is 12.7. The van der Waals surface area contributed by atoms with Crippen LogP contribution in [-0.4, -0.2) is 9.97 Å². The maximum Gasteiger partial charge on any atom is 0.416 e. The Hall–Kier alpha value is -1.34. The van der Waals surface area contributed by atoms with E-state index in [0.717, 1.165) is 26.4 Å². The zero-order valence-electron chi connectivity index (χ0n) is 10.2. The Kier molecular flexibility index (Phi) is 3.13. The molecule has 0 spiro atoms. The first-order chi connectivity index (χ1) is 9.34. The van der Waals surface area contributed by atoms with E-state index in [0.29, 0.717) is 16.9 Å². The maximum absolute atomic E-state index is 12.7. The summed E-state index contributed by atoms with van der Waals surface area (Å²) in [6, 6.07) is 5.45. The van der Waals surface area contributed by atoms with Gasteiger partial charge in [0.1, 0.15) is 5.82 Å². The Balaban J connectivity index is 2.11. The minimum Gasteiger partial charge on any atom is -0.337 e. The molecule has 3 rings (SSSR count). The lowest BCUT2D eigenvalue weighted by Crippen LogP contribution is -2.04. The number of rotatable bonds is 1. The fraction of sp³-hybridized carbons (Fsp3) is 0.154. The van der Waals surface area contributed by atoms with Crippen LogP contribution in [0.2, 0.25) is 0 Å². The van der Waals surface area contributed by atoms with Crippen molar-refractivity contribution < 1.29 is 13.2 Å². The molecule has 1 N–H and O–H groups in total. The van der Waals surface area contributed by atoms with Gasteiger partial charge in [-0.05, 0) is 52.7 Å². The molecule has 0 aliphatic rings. The van der Waals surface area contributed by atoms with E-state index in [1.807, 2.05) is 13.0 Å². The number of imidazole rings is 1. The summed E-state index contributed by atoms with van der Waals surface area (Å²) < 4.78 is 39.0. The molecule has 20 heavy (non-hydrogen) atoms. The van der Waals surface area contributed by atoms with Crippen molar-refractivity contribution in [1.82, 2.24) is 9.97 Å². The van der Waals surface area contributed by atoms with E-state index in [1.54, 1.807) is 0 Å². The number of aryl methyl sites for hydroxylation is 1. The zero-order valence-corrected chi connectivity index (χ0v) is 12.6. The quantitative estimate of drug-likeness (QED) is 0.619. The van der Waals surface area contributed by atoms with Crippen molar-refractivity contribution in [2.24, 2.45) is 0 Å². The first kappa shape index (κ1) is 13.6. The summed E-state index contributed by atoms with van der Waals surface area (Å²) in [7, 11) is 0. The normalized spacial score (nSPS) is 12.2. The number of nitrogens with zero attached hydrogens (tertiary/aromatic N) is 1. The molecule has 0 aliphatic heterocycles. The van der Waals surface area contributed by atoms with Crippen molar-refractivity contribution in [1.29, 1.82) is 0 Å². The van der Waals surface area contributed by atoms with Gasteiger partial charge in [0.2, 0.25) is 0 Å². The molecule has 0 aliphatic carbocycles. The first-order valence-corrected chi connectivity index (χ1v) is 7.29. The summed E-state index contributed by atoms with van der Waals surface area (Å²) in [4.78, 5) is 8.16. The minimum absolute atomic E-state index is 0.386. The van der Waals surface area contributed by atoms with Crippen molar-refractivity contribution in [3.63, 3.8) is 0 Å². The molecule has 0 amide bonds. The second-order valence-corrected chi connectivity index (χ2v) is 6.75. The Bertz CT molecular complexity index is 769. The highest BCUT2D eigenvalue weighted by Gasteiger charge is 2.30. The van der Waals surface area contributed by atoms with Crippen LogP contribution in [0.3, 0.4) is 0 Å². The van der Waals surface area contributed by atoms with E-state index in [-0.39, 0.29) is 0 Å². The predicted molar refractivity (Wildman–Crippen MR) is 76.8 cm³/mol. The second-order valence-electron chi connectivity index (χ2n) is 4.38. The third kappa shape index (κ3) is 2.35. The number of nitrogens with one attached hydrogen (secondary N) is 1. The molecule has 2 heterocycles. The van der Waals surface area contributed by atoms with Gasteiger partial charge in [0.05, 0.1) is 25.3 Å². The predicted octanol–water partition coefficient (Wildman–Crippen LogP) is 5.38. The molecule has 104 valence electrons. The molecule has 2 aromatic heterocycles. The molecule has 0 saturated carbocycles. The van der Waals surface area contributed by atoms with Crippen molar-refractivity contribution in [2.45, 2.75) is 13.1 Å². The molecule has 0 bridgehead atoms. The number of alkyl halides is 3. The third-order valence-electron chi connectivity index (χ3n) is 2.90. The lowest BCUT2D eigenvalue weighted by Gasteiger charge is -2.05. The molecule has 7 heteroatoms. The van der Waals surface area contributed by atoms with Crippen molar-refractivity contribution in [2.75, 3.05) is 0 Å². The standard InChI is InChI=1S/C13H8BrF3N2S/c1-6-4-10(20-11(6)14)12-18-8-3-2-7(13(15,16)17)5-9(8)19-12/h2-5H,1H3,(H,18,19). The Morgan fingerprint density at radius 1 is 1.25 bits per heavy atom. The average molecular weight is 361 g/mol. The fourth-order valence-corrected chi connectivity index (χ4v) is 3.36. The number of benzene rings is 1. The molecule has 0 unspecified atom stereocenters. The lowest BCUT2D eigenvalue weighted by molar-refractivity contribution is -0.137. The summed E-state index contributed by atoms with van der Waals surface area (Å²) in [5.74, 6) is 0.582.